The van der Waals surface area contributed by atoms with Crippen LogP contribution >= 0.6 is 24.8 Å². The molecule has 3 heterocycles. The fourth-order valence-corrected chi connectivity index (χ4v) is 2.50. The molecular weight excluding hydrogens is 327 g/mol. The highest BCUT2D eigenvalue weighted by Crippen LogP contribution is 2.09. The molecule has 0 saturated carbocycles. The van der Waals surface area contributed by atoms with Crippen LogP contribution in [0.2, 0.25) is 0 Å². The number of aliphatic hydroxyl groups excluding tert-OH is 1. The summed E-state index contributed by atoms with van der Waals surface area (Å²) in [4.78, 5) is 16.4. The third-order valence-electron chi connectivity index (χ3n) is 3.61. The van der Waals surface area contributed by atoms with Crippen LogP contribution in [0.15, 0.2) is 24.4 Å². The van der Waals surface area contributed by atoms with E-state index in [9.17, 15) is 9.90 Å². The summed E-state index contributed by atoms with van der Waals surface area (Å²) in [5.41, 5.74) is 2.81. The number of hydrogen-bond acceptors (Lipinski definition) is 4. The van der Waals surface area contributed by atoms with Gasteiger partial charge in [-0.2, -0.15) is 0 Å². The molecule has 8 heteroatoms. The lowest BCUT2D eigenvalue weighted by atomic mass is 10.2. The van der Waals surface area contributed by atoms with Crippen molar-refractivity contribution in [2.75, 3.05) is 6.54 Å². The van der Waals surface area contributed by atoms with Crippen LogP contribution < -0.4 is 10.6 Å². The number of halogens is 2. The average molecular weight is 347 g/mol. The maximum atomic E-state index is 11.9. The average Bonchev–Trinajstić information content (AvgIpc) is 3.03. The summed E-state index contributed by atoms with van der Waals surface area (Å²) in [7, 11) is 0. The van der Waals surface area contributed by atoms with E-state index in [0.29, 0.717) is 19.5 Å². The van der Waals surface area contributed by atoms with E-state index >= 15 is 0 Å². The zero-order chi connectivity index (χ0) is 14.1. The summed E-state index contributed by atoms with van der Waals surface area (Å²) in [6.45, 7) is 2.89. The van der Waals surface area contributed by atoms with Gasteiger partial charge in [0.05, 0.1) is 24.4 Å². The molecule has 22 heavy (non-hydrogen) atoms. The Morgan fingerprint density at radius 3 is 2.91 bits per heavy atom. The monoisotopic (exact) mass is 346 g/mol. The van der Waals surface area contributed by atoms with Gasteiger partial charge in [-0.05, 0) is 25.5 Å². The highest BCUT2D eigenvalue weighted by molar-refractivity contribution is 5.85. The number of aromatic nitrogens is 2. The van der Waals surface area contributed by atoms with Gasteiger partial charge in [-0.3, -0.25) is 4.79 Å². The molecule has 2 aromatic heterocycles. The number of carbonyl (C=O) groups excluding carboxylic acids is 1. The number of nitrogens with zero attached hydrogens (tertiary/aromatic N) is 2. The number of aliphatic hydroxyl groups is 1. The van der Waals surface area contributed by atoms with E-state index in [1.54, 1.807) is 0 Å². The summed E-state index contributed by atoms with van der Waals surface area (Å²) in [6.07, 6.45) is 1.97. The standard InChI is InChI=1S/C14H18N4O2.2ClH/c1-9-3-2-4-13-17-10(8-18(9)13)6-16-14(20)12-5-11(19)7-15-12;;/h2-4,8,11-12,15,19H,5-7H2,1H3,(H,16,20);2*1H. The first-order valence-corrected chi connectivity index (χ1v) is 6.76. The van der Waals surface area contributed by atoms with Gasteiger partial charge in [0.25, 0.3) is 0 Å². The smallest absolute Gasteiger partial charge is 0.237 e. The van der Waals surface area contributed by atoms with Crippen LogP contribution in [0.25, 0.3) is 5.65 Å². The predicted molar refractivity (Wildman–Crippen MR) is 88.7 cm³/mol. The van der Waals surface area contributed by atoms with Crippen LogP contribution in [0.3, 0.4) is 0 Å². The summed E-state index contributed by atoms with van der Waals surface area (Å²) in [6, 6.07) is 5.61. The highest BCUT2D eigenvalue weighted by atomic mass is 35.5. The minimum atomic E-state index is -0.427. The van der Waals surface area contributed by atoms with Gasteiger partial charge in [-0.15, -0.1) is 24.8 Å². The molecule has 0 bridgehead atoms. The number of aryl methyl sites for hydroxylation is 1. The van der Waals surface area contributed by atoms with Crippen molar-refractivity contribution < 1.29 is 9.90 Å². The number of β-amino-alcohol motifs (C(OH)–C–C–N with tert-alkyl or cyclic N) is 1. The topological polar surface area (TPSA) is 78.7 Å². The van der Waals surface area contributed by atoms with E-state index in [2.05, 4.69) is 15.6 Å². The Kier molecular flexibility index (Phi) is 6.62. The Labute approximate surface area is 141 Å². The minimum Gasteiger partial charge on any atom is -0.392 e. The van der Waals surface area contributed by atoms with E-state index in [1.807, 2.05) is 35.7 Å². The van der Waals surface area contributed by atoms with Crippen molar-refractivity contribution >= 4 is 36.4 Å². The molecule has 1 fully saturated rings. The Bertz CT molecular complexity index is 647. The first-order chi connectivity index (χ1) is 9.63. The van der Waals surface area contributed by atoms with Gasteiger partial charge >= 0.3 is 0 Å². The number of pyridine rings is 1. The summed E-state index contributed by atoms with van der Waals surface area (Å²) in [5, 5.41) is 15.2. The molecule has 1 saturated heterocycles. The van der Waals surface area contributed by atoms with Gasteiger partial charge in [-0.1, -0.05) is 6.07 Å². The normalized spacial score (nSPS) is 20.3. The van der Waals surface area contributed by atoms with Crippen LogP contribution in [0.4, 0.5) is 0 Å². The molecule has 6 nitrogen and oxygen atoms in total. The van der Waals surface area contributed by atoms with E-state index in [0.717, 1.165) is 17.0 Å². The minimum absolute atomic E-state index is 0. The molecule has 1 amide bonds. The number of hydrogen-bond donors (Lipinski definition) is 3. The second-order valence-corrected chi connectivity index (χ2v) is 5.20. The fraction of sp³-hybridized carbons (Fsp3) is 0.429. The second-order valence-electron chi connectivity index (χ2n) is 5.20. The molecule has 0 aliphatic carbocycles. The van der Waals surface area contributed by atoms with Crippen molar-refractivity contribution in [3.05, 3.63) is 35.8 Å². The summed E-state index contributed by atoms with van der Waals surface area (Å²) >= 11 is 0. The van der Waals surface area contributed by atoms with Gasteiger partial charge in [0, 0.05) is 18.4 Å². The predicted octanol–water partition coefficient (Wildman–Crippen LogP) is 0.825. The lowest BCUT2D eigenvalue weighted by Crippen LogP contribution is -2.40. The number of fused-ring (bicyclic) bond motifs is 1. The molecule has 0 spiro atoms. The molecule has 3 N–H and O–H groups in total. The third-order valence-corrected chi connectivity index (χ3v) is 3.61. The van der Waals surface area contributed by atoms with Crippen LogP contribution in [0, 0.1) is 6.92 Å². The zero-order valence-electron chi connectivity index (χ0n) is 12.2. The molecule has 0 aromatic carbocycles. The van der Waals surface area contributed by atoms with Crippen LogP contribution in [-0.4, -0.2) is 39.1 Å². The Balaban J connectivity index is 0.00000121. The molecule has 3 rings (SSSR count). The van der Waals surface area contributed by atoms with Crippen LogP contribution in [0.5, 0.6) is 0 Å². The van der Waals surface area contributed by atoms with E-state index < -0.39 is 6.10 Å². The van der Waals surface area contributed by atoms with Crippen molar-refractivity contribution in [3.63, 3.8) is 0 Å². The van der Waals surface area contributed by atoms with Gasteiger partial charge in [0.15, 0.2) is 0 Å². The van der Waals surface area contributed by atoms with E-state index in [-0.39, 0.29) is 36.8 Å². The third kappa shape index (κ3) is 3.89. The molecule has 2 unspecified atom stereocenters. The van der Waals surface area contributed by atoms with Crippen molar-refractivity contribution in [2.45, 2.75) is 32.0 Å². The molecular formula is C14H20Cl2N4O2. The van der Waals surface area contributed by atoms with Crippen LogP contribution in [-0.2, 0) is 11.3 Å². The van der Waals surface area contributed by atoms with Crippen molar-refractivity contribution in [1.82, 2.24) is 20.0 Å². The number of amides is 1. The number of carbonyl (C=O) groups is 1. The Morgan fingerprint density at radius 2 is 2.27 bits per heavy atom. The number of nitrogens with one attached hydrogen (secondary N) is 2. The van der Waals surface area contributed by atoms with E-state index in [1.165, 1.54) is 0 Å². The Hall–Kier alpha value is -1.34. The summed E-state index contributed by atoms with van der Waals surface area (Å²) < 4.78 is 2.00. The highest BCUT2D eigenvalue weighted by Gasteiger charge is 2.27. The van der Waals surface area contributed by atoms with Crippen molar-refractivity contribution in [1.29, 1.82) is 0 Å². The van der Waals surface area contributed by atoms with Gasteiger partial charge in [0.2, 0.25) is 5.91 Å². The molecule has 2 aromatic rings. The SMILES string of the molecule is Cc1cccc2nc(CNC(=O)C3CC(O)CN3)cn12.Cl.Cl. The molecule has 1 aliphatic heterocycles. The Morgan fingerprint density at radius 1 is 1.50 bits per heavy atom. The van der Waals surface area contributed by atoms with E-state index in [4.69, 9.17) is 0 Å². The van der Waals surface area contributed by atoms with Crippen molar-refractivity contribution in [2.24, 2.45) is 0 Å². The quantitative estimate of drug-likeness (QED) is 0.768. The summed E-state index contributed by atoms with van der Waals surface area (Å²) in [5.74, 6) is -0.0877. The van der Waals surface area contributed by atoms with Crippen LogP contribution in [0.1, 0.15) is 17.8 Å². The molecule has 1 aliphatic rings. The maximum absolute atomic E-state index is 11.9. The first-order valence-electron chi connectivity index (χ1n) is 6.76. The molecule has 0 radical (unpaired) electrons. The molecule has 122 valence electrons. The molecule has 2 atom stereocenters. The largest absolute Gasteiger partial charge is 0.392 e. The lowest BCUT2D eigenvalue weighted by molar-refractivity contribution is -0.123. The fourth-order valence-electron chi connectivity index (χ4n) is 2.50. The maximum Gasteiger partial charge on any atom is 0.237 e. The number of imidazole rings is 1. The zero-order valence-corrected chi connectivity index (χ0v) is 13.8. The van der Waals surface area contributed by atoms with Crippen molar-refractivity contribution in [3.8, 4) is 0 Å². The van der Waals surface area contributed by atoms with Gasteiger partial charge < -0.3 is 20.1 Å². The first kappa shape index (κ1) is 18.7. The second kappa shape index (κ2) is 7.78. The number of rotatable bonds is 3. The lowest BCUT2D eigenvalue weighted by Gasteiger charge is -2.09. The van der Waals surface area contributed by atoms with Gasteiger partial charge in [-0.25, -0.2) is 4.98 Å². The van der Waals surface area contributed by atoms with Gasteiger partial charge in [0.1, 0.15) is 5.65 Å².